The van der Waals surface area contributed by atoms with Crippen molar-refractivity contribution in [1.82, 2.24) is 9.55 Å². The molecule has 0 fully saturated rings. The molecule has 0 amide bonds. The van der Waals surface area contributed by atoms with E-state index in [1.807, 2.05) is 24.3 Å². The van der Waals surface area contributed by atoms with Crippen molar-refractivity contribution in [3.63, 3.8) is 0 Å². The van der Waals surface area contributed by atoms with E-state index in [9.17, 15) is 9.18 Å². The second-order valence-electron chi connectivity index (χ2n) is 4.69. The Hall–Kier alpha value is -2.69. The Morgan fingerprint density at radius 1 is 1.19 bits per heavy atom. The number of methoxy groups -OCH3 is 1. The summed E-state index contributed by atoms with van der Waals surface area (Å²) in [5, 5.41) is 0.410. The molecule has 0 radical (unpaired) electrons. The number of fused-ring (bicyclic) bond motifs is 1. The van der Waals surface area contributed by atoms with Crippen LogP contribution in [-0.4, -0.2) is 16.7 Å². The zero-order valence-electron chi connectivity index (χ0n) is 11.4. The number of nitrogens with zero attached hydrogens (tertiary/aromatic N) is 2. The first kappa shape index (κ1) is 13.3. The lowest BCUT2D eigenvalue weighted by Gasteiger charge is -2.07. The number of halogens is 1. The quantitative estimate of drug-likeness (QED) is 0.742. The first-order valence-electron chi connectivity index (χ1n) is 6.45. The van der Waals surface area contributed by atoms with Gasteiger partial charge in [0.2, 0.25) is 0 Å². The largest absolute Gasteiger partial charge is 0.497 e. The summed E-state index contributed by atoms with van der Waals surface area (Å²) >= 11 is 0. The van der Waals surface area contributed by atoms with Crippen LogP contribution in [0.15, 0.2) is 53.6 Å². The summed E-state index contributed by atoms with van der Waals surface area (Å²) in [6.07, 6.45) is 1.44. The van der Waals surface area contributed by atoms with Gasteiger partial charge in [0.25, 0.3) is 5.56 Å². The van der Waals surface area contributed by atoms with Crippen LogP contribution >= 0.6 is 0 Å². The van der Waals surface area contributed by atoms with Crippen molar-refractivity contribution >= 4 is 10.9 Å². The van der Waals surface area contributed by atoms with Crippen molar-refractivity contribution in [2.45, 2.75) is 6.54 Å². The molecule has 0 aliphatic heterocycles. The van der Waals surface area contributed by atoms with Crippen molar-refractivity contribution in [2.24, 2.45) is 0 Å². The average Bonchev–Trinajstić information content (AvgIpc) is 2.51. The van der Waals surface area contributed by atoms with Crippen molar-refractivity contribution < 1.29 is 9.13 Å². The summed E-state index contributed by atoms with van der Waals surface area (Å²) in [5.74, 6) is 0.362. The first-order chi connectivity index (χ1) is 10.2. The fourth-order valence-corrected chi connectivity index (χ4v) is 2.17. The highest BCUT2D eigenvalue weighted by atomic mass is 19.1. The van der Waals surface area contributed by atoms with E-state index in [0.29, 0.717) is 17.4 Å². The van der Waals surface area contributed by atoms with Gasteiger partial charge >= 0.3 is 0 Å². The predicted octanol–water partition coefficient (Wildman–Crippen LogP) is 2.59. The molecule has 0 spiro atoms. The molecule has 0 bridgehead atoms. The number of hydrogen-bond acceptors (Lipinski definition) is 3. The molecule has 106 valence electrons. The normalized spacial score (nSPS) is 10.8. The summed E-state index contributed by atoms with van der Waals surface area (Å²) in [4.78, 5) is 16.5. The van der Waals surface area contributed by atoms with Gasteiger partial charge in [0.1, 0.15) is 11.6 Å². The van der Waals surface area contributed by atoms with Gasteiger partial charge in [-0.2, -0.15) is 0 Å². The topological polar surface area (TPSA) is 44.1 Å². The molecule has 0 saturated carbocycles. The highest BCUT2D eigenvalue weighted by Gasteiger charge is 2.05. The van der Waals surface area contributed by atoms with Gasteiger partial charge in [-0.25, -0.2) is 9.37 Å². The highest BCUT2D eigenvalue weighted by molar-refractivity contribution is 5.77. The molecule has 0 saturated heterocycles. The Kier molecular flexibility index (Phi) is 3.39. The summed E-state index contributed by atoms with van der Waals surface area (Å²) in [7, 11) is 1.60. The third-order valence-corrected chi connectivity index (χ3v) is 3.30. The number of ether oxygens (including phenoxy) is 1. The third-order valence-electron chi connectivity index (χ3n) is 3.30. The third kappa shape index (κ3) is 2.63. The number of aromatic nitrogens is 2. The van der Waals surface area contributed by atoms with Crippen LogP contribution in [0.25, 0.3) is 10.9 Å². The van der Waals surface area contributed by atoms with Crippen molar-refractivity contribution in [3.05, 3.63) is 70.5 Å². The Labute approximate surface area is 120 Å². The van der Waals surface area contributed by atoms with Gasteiger partial charge in [0.15, 0.2) is 0 Å². The SMILES string of the molecule is COc1ccc(Cn2cnc3cc(F)ccc3c2=O)cc1. The van der Waals surface area contributed by atoms with Crippen molar-refractivity contribution in [2.75, 3.05) is 7.11 Å². The maximum Gasteiger partial charge on any atom is 0.261 e. The minimum Gasteiger partial charge on any atom is -0.497 e. The van der Waals surface area contributed by atoms with E-state index in [2.05, 4.69) is 4.98 Å². The molecule has 0 N–H and O–H groups in total. The minimum absolute atomic E-state index is 0.184. The van der Waals surface area contributed by atoms with Crippen LogP contribution in [0.3, 0.4) is 0 Å². The zero-order chi connectivity index (χ0) is 14.8. The summed E-state index contributed by atoms with van der Waals surface area (Å²) in [5.41, 5.74) is 1.14. The number of hydrogen-bond donors (Lipinski definition) is 0. The maximum atomic E-state index is 13.1. The predicted molar refractivity (Wildman–Crippen MR) is 78.1 cm³/mol. The van der Waals surface area contributed by atoms with Crippen LogP contribution in [0.5, 0.6) is 5.75 Å². The summed E-state index contributed by atoms with van der Waals surface area (Å²) in [6, 6.07) is 11.4. The fourth-order valence-electron chi connectivity index (χ4n) is 2.17. The van der Waals surface area contributed by atoms with Gasteiger partial charge in [-0.15, -0.1) is 0 Å². The molecule has 1 heterocycles. The Balaban J connectivity index is 1.98. The van der Waals surface area contributed by atoms with E-state index in [1.165, 1.54) is 29.1 Å². The van der Waals surface area contributed by atoms with E-state index in [1.54, 1.807) is 7.11 Å². The van der Waals surface area contributed by atoms with Crippen LogP contribution in [0.4, 0.5) is 4.39 Å². The summed E-state index contributed by atoms with van der Waals surface area (Å²) in [6.45, 7) is 0.406. The monoisotopic (exact) mass is 284 g/mol. The lowest BCUT2D eigenvalue weighted by molar-refractivity contribution is 0.414. The van der Waals surface area contributed by atoms with Gasteiger partial charge in [-0.1, -0.05) is 12.1 Å². The Morgan fingerprint density at radius 3 is 2.67 bits per heavy atom. The van der Waals surface area contributed by atoms with E-state index in [-0.39, 0.29) is 5.56 Å². The fraction of sp³-hybridized carbons (Fsp3) is 0.125. The van der Waals surface area contributed by atoms with Crippen LogP contribution < -0.4 is 10.3 Å². The number of benzene rings is 2. The molecule has 0 aliphatic carbocycles. The van der Waals surface area contributed by atoms with Gasteiger partial charge < -0.3 is 4.74 Å². The van der Waals surface area contributed by atoms with Gasteiger partial charge in [0.05, 0.1) is 30.9 Å². The van der Waals surface area contributed by atoms with Gasteiger partial charge in [-0.05, 0) is 29.8 Å². The minimum atomic E-state index is -0.401. The molecule has 21 heavy (non-hydrogen) atoms. The highest BCUT2D eigenvalue weighted by Crippen LogP contribution is 2.13. The Morgan fingerprint density at radius 2 is 1.95 bits per heavy atom. The van der Waals surface area contributed by atoms with Crippen LogP contribution in [-0.2, 0) is 6.54 Å². The molecule has 2 aromatic carbocycles. The van der Waals surface area contributed by atoms with Gasteiger partial charge in [0, 0.05) is 6.07 Å². The van der Waals surface area contributed by atoms with Crippen molar-refractivity contribution in [3.8, 4) is 5.75 Å². The lowest BCUT2D eigenvalue weighted by atomic mass is 10.2. The van der Waals surface area contributed by atoms with Gasteiger partial charge in [-0.3, -0.25) is 9.36 Å². The summed E-state index contributed by atoms with van der Waals surface area (Å²) < 4.78 is 19.7. The Bertz CT molecular complexity index is 841. The number of rotatable bonds is 3. The standard InChI is InChI=1S/C16H13FN2O2/c1-21-13-5-2-11(3-6-13)9-19-10-18-15-8-12(17)4-7-14(15)16(19)20/h2-8,10H,9H2,1H3. The second kappa shape index (κ2) is 5.36. The molecule has 3 aromatic rings. The molecular formula is C16H13FN2O2. The van der Waals surface area contributed by atoms with Crippen molar-refractivity contribution in [1.29, 1.82) is 0 Å². The molecule has 4 nitrogen and oxygen atoms in total. The van der Waals surface area contributed by atoms with Crippen LogP contribution in [0.2, 0.25) is 0 Å². The second-order valence-corrected chi connectivity index (χ2v) is 4.69. The maximum absolute atomic E-state index is 13.1. The van der Waals surface area contributed by atoms with E-state index >= 15 is 0 Å². The first-order valence-corrected chi connectivity index (χ1v) is 6.45. The molecule has 5 heteroatoms. The van der Waals surface area contributed by atoms with E-state index < -0.39 is 5.82 Å². The lowest BCUT2D eigenvalue weighted by Crippen LogP contribution is -2.21. The molecular weight excluding hydrogens is 271 g/mol. The smallest absolute Gasteiger partial charge is 0.261 e. The molecule has 3 rings (SSSR count). The average molecular weight is 284 g/mol. The molecule has 0 atom stereocenters. The molecule has 0 unspecified atom stereocenters. The molecule has 0 aliphatic rings. The zero-order valence-corrected chi connectivity index (χ0v) is 11.4. The van der Waals surface area contributed by atoms with E-state index in [0.717, 1.165) is 11.3 Å². The molecule has 1 aromatic heterocycles. The van der Waals surface area contributed by atoms with Crippen LogP contribution in [0, 0.1) is 5.82 Å². The van der Waals surface area contributed by atoms with Crippen LogP contribution in [0.1, 0.15) is 5.56 Å². The van der Waals surface area contributed by atoms with E-state index in [4.69, 9.17) is 4.74 Å².